The number of carbonyl (C=O) groups is 7. The van der Waals surface area contributed by atoms with Gasteiger partial charge in [0.1, 0.15) is 41.5 Å². The first-order chi connectivity index (χ1) is 57.9. The van der Waals surface area contributed by atoms with Crippen molar-refractivity contribution in [2.24, 2.45) is 11.1 Å². The van der Waals surface area contributed by atoms with Gasteiger partial charge in [-0.2, -0.15) is 13.2 Å². The Bertz CT molecular complexity index is 4200. The number of benzene rings is 4. The summed E-state index contributed by atoms with van der Waals surface area (Å²) in [5.74, 6) is -6.38. The third-order valence-electron chi connectivity index (χ3n) is 19.9. The largest absolute Gasteiger partial charge is 0.495 e. The number of nitrogens with zero attached hydrogens (tertiary/aromatic N) is 5. The van der Waals surface area contributed by atoms with E-state index in [2.05, 4.69) is 60.1 Å². The van der Waals surface area contributed by atoms with E-state index < -0.39 is 59.7 Å². The number of ether oxygens (including phenoxy) is 14. The Morgan fingerprint density at radius 2 is 1.14 bits per heavy atom. The first-order valence-electron chi connectivity index (χ1n) is 39.9. The Morgan fingerprint density at radius 3 is 1.64 bits per heavy atom. The normalized spacial score (nSPS) is 14.4. The zero-order valence-corrected chi connectivity index (χ0v) is 68.4. The number of halogens is 5. The molecule has 32 nitrogen and oxygen atoms in total. The first kappa shape index (κ1) is 96.1. The van der Waals surface area contributed by atoms with E-state index in [1.807, 2.05) is 11.0 Å². The molecule has 4 aromatic carbocycles. The molecule has 2 aromatic heterocycles. The van der Waals surface area contributed by atoms with Gasteiger partial charge < -0.3 is 103 Å². The van der Waals surface area contributed by atoms with Crippen molar-refractivity contribution in [1.82, 2.24) is 35.4 Å². The standard InChI is InChI=1S/C81H110F2N10O20.C2HF3O2/c1-58-65(75-66-55-69(88-76(66)87-57-86-75)60-7-5-59(6-8-60)13-21-91-23-16-81(17-24-91)18-25-92(26-19-81)78(98)61-9-12-71(100-4)70(51-61)93-22-14-73(95)90-79(93)99)53-63(82)54-68(58)89-77(97)64-11-10-62(52-67(64)83)80(2,3)113-74(96)56-85-72(94)15-27-101-29-31-103-33-35-105-37-39-107-41-43-109-45-47-111-49-50-112-48-46-110-44-42-108-40-38-106-36-34-104-32-30-102-28-20-84;3-2(4,5)1(6)7/h5-12,51-55,57H,13-50,56,84H2,1-4H3,(H,85,94)(H,89,97)(H,86,87,88)(H,90,95,99);(H,6,7). The predicted octanol–water partition coefficient (Wildman–Crippen LogP) is 8.22. The van der Waals surface area contributed by atoms with Gasteiger partial charge in [0.15, 0.2) is 0 Å². The van der Waals surface area contributed by atoms with Crippen LogP contribution in [0.4, 0.5) is 38.1 Å². The van der Waals surface area contributed by atoms with Gasteiger partial charge in [-0.3, -0.25) is 34.2 Å². The van der Waals surface area contributed by atoms with Gasteiger partial charge in [-0.25, -0.2) is 28.3 Å². The fraction of sp³-hybridized carbons (Fsp3) is 0.554. The molecule has 0 unspecified atom stereocenters. The van der Waals surface area contributed by atoms with E-state index in [9.17, 15) is 41.9 Å². The Morgan fingerprint density at radius 1 is 0.625 bits per heavy atom. The monoisotopic (exact) mass is 1690 g/mol. The maximum atomic E-state index is 15.9. The number of hydrogen-bond donors (Lipinski definition) is 6. The summed E-state index contributed by atoms with van der Waals surface area (Å²) in [7, 11) is 1.51. The zero-order valence-electron chi connectivity index (χ0n) is 68.4. The van der Waals surface area contributed by atoms with Crippen molar-refractivity contribution in [2.75, 3.05) is 228 Å². The van der Waals surface area contributed by atoms with Crippen molar-refractivity contribution in [3.8, 4) is 28.3 Å². The number of esters is 1. The topological polar surface area (TPSA) is 382 Å². The summed E-state index contributed by atoms with van der Waals surface area (Å²) in [5.41, 5.74) is 9.77. The summed E-state index contributed by atoms with van der Waals surface area (Å²) >= 11 is 0. The number of carboxylic acid groups (broad SMARTS) is 1. The summed E-state index contributed by atoms with van der Waals surface area (Å²) in [6, 6.07) is 21.1. The smallest absolute Gasteiger partial charge is 0.490 e. The number of H-pyrrole nitrogens is 1. The lowest BCUT2D eigenvalue weighted by Gasteiger charge is -2.47. The Hall–Kier alpha value is -9.32. The highest BCUT2D eigenvalue weighted by Crippen LogP contribution is 2.43. The van der Waals surface area contributed by atoms with E-state index in [0.29, 0.717) is 203 Å². The molecule has 660 valence electrons. The molecule has 0 aliphatic carbocycles. The Kier molecular flexibility index (Phi) is 40.7. The molecule has 0 bridgehead atoms. The number of urea groups is 1. The number of carboxylic acids is 1. The van der Waals surface area contributed by atoms with Gasteiger partial charge in [0.05, 0.1) is 183 Å². The summed E-state index contributed by atoms with van der Waals surface area (Å²) < 4.78 is 140. The van der Waals surface area contributed by atoms with Crippen LogP contribution in [-0.4, -0.2) is 296 Å². The molecular weight excluding hydrogens is 1580 g/mol. The van der Waals surface area contributed by atoms with Crippen LogP contribution in [-0.2, 0) is 92.8 Å². The molecule has 3 saturated heterocycles. The molecule has 3 fully saturated rings. The van der Waals surface area contributed by atoms with Crippen LogP contribution >= 0.6 is 0 Å². The van der Waals surface area contributed by atoms with Gasteiger partial charge in [0.2, 0.25) is 11.8 Å². The molecule has 3 aliphatic rings. The number of nitrogens with one attached hydrogen (secondary N) is 4. The van der Waals surface area contributed by atoms with Crippen molar-refractivity contribution in [2.45, 2.75) is 77.5 Å². The summed E-state index contributed by atoms with van der Waals surface area (Å²) in [4.78, 5) is 105. The molecule has 120 heavy (non-hydrogen) atoms. The number of likely N-dealkylation sites (tertiary alicyclic amines) is 2. The van der Waals surface area contributed by atoms with Crippen LogP contribution in [0.3, 0.4) is 0 Å². The van der Waals surface area contributed by atoms with Crippen LogP contribution in [0.2, 0.25) is 0 Å². The number of aromatic amines is 1. The summed E-state index contributed by atoms with van der Waals surface area (Å²) in [5, 5.41) is 15.3. The van der Waals surface area contributed by atoms with Gasteiger partial charge in [-0.05, 0) is 142 Å². The molecule has 0 atom stereocenters. The van der Waals surface area contributed by atoms with Crippen molar-refractivity contribution in [3.05, 3.63) is 125 Å². The quantitative estimate of drug-likeness (QED) is 0.0119. The molecule has 5 heterocycles. The number of imide groups is 1. The van der Waals surface area contributed by atoms with Gasteiger partial charge in [0, 0.05) is 73.5 Å². The summed E-state index contributed by atoms with van der Waals surface area (Å²) in [6.07, 6.45) is 1.25. The van der Waals surface area contributed by atoms with Crippen LogP contribution in [0, 0.1) is 24.0 Å². The zero-order chi connectivity index (χ0) is 86.1. The Balaban J connectivity index is 0.00000245. The molecule has 7 N–H and O–H groups in total. The molecule has 3 aliphatic heterocycles. The van der Waals surface area contributed by atoms with Gasteiger partial charge in [-0.15, -0.1) is 0 Å². The molecule has 37 heteroatoms. The van der Waals surface area contributed by atoms with E-state index >= 15 is 8.78 Å². The third-order valence-corrected chi connectivity index (χ3v) is 19.9. The van der Waals surface area contributed by atoms with E-state index in [4.69, 9.17) is 82.0 Å². The van der Waals surface area contributed by atoms with Crippen molar-refractivity contribution >= 4 is 64.0 Å². The number of piperidine rings is 2. The van der Waals surface area contributed by atoms with Crippen molar-refractivity contribution in [1.29, 1.82) is 0 Å². The fourth-order valence-electron chi connectivity index (χ4n) is 13.1. The maximum absolute atomic E-state index is 15.9. The SMILES string of the molecule is COc1ccc(C(=O)N2CCC3(CCN(CCc4ccc(-c5cc6c(-c7cc(F)cc(NC(=O)c8ccc(C(C)(C)OC(=O)CNC(=O)CCOCCOCCOCCOCCOCCOCCOCCOCCOCCOCCOCCOCCN)cc8F)c7C)ncnc6[nH]5)cc4)CC3)CC2)cc1N1CCC(=O)NC1=O.O=C(O)C(F)(F)F. The number of methoxy groups -OCH3 is 1. The Labute approximate surface area is 693 Å². The van der Waals surface area contributed by atoms with E-state index in [1.54, 1.807) is 39.0 Å². The molecule has 0 radical (unpaired) electrons. The number of aliphatic carboxylic acids is 1. The molecule has 1 spiro atoms. The second-order valence-electron chi connectivity index (χ2n) is 28.6. The van der Waals surface area contributed by atoms with Crippen LogP contribution in [0.25, 0.3) is 33.5 Å². The van der Waals surface area contributed by atoms with Crippen LogP contribution in [0.5, 0.6) is 5.75 Å². The number of alkyl halides is 3. The minimum Gasteiger partial charge on any atom is -0.495 e. The van der Waals surface area contributed by atoms with Gasteiger partial charge >= 0.3 is 24.1 Å². The average Bonchev–Trinajstić information content (AvgIpc) is 1.61. The lowest BCUT2D eigenvalue weighted by Crippen LogP contribution is -2.50. The van der Waals surface area contributed by atoms with Gasteiger partial charge in [-0.1, -0.05) is 30.3 Å². The van der Waals surface area contributed by atoms with E-state index in [-0.39, 0.29) is 73.3 Å². The maximum Gasteiger partial charge on any atom is 0.490 e. The molecule has 0 saturated carbocycles. The number of nitrogens with two attached hydrogens (primary N) is 1. The second-order valence-corrected chi connectivity index (χ2v) is 28.6. The highest BCUT2D eigenvalue weighted by molar-refractivity contribution is 6.08. The average molecular weight is 1700 g/mol. The predicted molar refractivity (Wildman–Crippen MR) is 429 cm³/mol. The number of hydrogen-bond acceptors (Lipinski definition) is 25. The second kappa shape index (κ2) is 50.8. The summed E-state index contributed by atoms with van der Waals surface area (Å²) in [6.45, 7) is 19.4. The van der Waals surface area contributed by atoms with Gasteiger partial charge in [0.25, 0.3) is 11.8 Å². The molecular formula is C83H111F5N10O22. The highest BCUT2D eigenvalue weighted by Gasteiger charge is 2.40. The van der Waals surface area contributed by atoms with Crippen molar-refractivity contribution in [3.63, 3.8) is 0 Å². The lowest BCUT2D eigenvalue weighted by atomic mass is 9.71. The number of aromatic nitrogens is 3. The number of anilines is 2. The fourth-order valence-corrected chi connectivity index (χ4v) is 13.1. The van der Waals surface area contributed by atoms with Crippen LogP contribution in [0.1, 0.15) is 89.8 Å². The minimum absolute atomic E-state index is 0.0231. The number of amides is 6. The van der Waals surface area contributed by atoms with Crippen molar-refractivity contribution < 1.29 is 127 Å². The van der Waals surface area contributed by atoms with Crippen LogP contribution < -0.4 is 31.3 Å². The van der Waals surface area contributed by atoms with E-state index in [0.717, 1.165) is 75.1 Å². The highest BCUT2D eigenvalue weighted by atomic mass is 19.4. The van der Waals surface area contributed by atoms with E-state index in [1.165, 1.54) is 42.1 Å². The molecule has 9 rings (SSSR count). The number of rotatable bonds is 52. The van der Waals surface area contributed by atoms with Crippen LogP contribution in [0.15, 0.2) is 85.2 Å². The molecule has 6 amide bonds. The first-order valence-corrected chi connectivity index (χ1v) is 39.9. The molecule has 6 aromatic rings. The lowest BCUT2D eigenvalue weighted by molar-refractivity contribution is -0.192. The number of fused-ring (bicyclic) bond motifs is 1. The third kappa shape index (κ3) is 32.2. The minimum atomic E-state index is -5.08. The number of carbonyl (C=O) groups excluding carboxylic acids is 6.